The molecule has 0 unspecified atom stereocenters. The Kier molecular flexibility index (Phi) is 5.72. The molecule has 0 aliphatic carbocycles. The Morgan fingerprint density at radius 1 is 0.938 bits per heavy atom. The number of fused-ring (bicyclic) bond motifs is 1. The molecule has 1 amide bonds. The van der Waals surface area contributed by atoms with Crippen LogP contribution in [-0.4, -0.2) is 64.6 Å². The number of piperazine rings is 1. The van der Waals surface area contributed by atoms with Crippen molar-refractivity contribution in [2.45, 2.75) is 32.6 Å². The van der Waals surface area contributed by atoms with Gasteiger partial charge >= 0.3 is 0 Å². The summed E-state index contributed by atoms with van der Waals surface area (Å²) in [5, 5.41) is 1.17. The Hall–Kier alpha value is -3.09. The lowest BCUT2D eigenvalue weighted by molar-refractivity contribution is -0.130. The predicted octanol–water partition coefficient (Wildman–Crippen LogP) is 3.16. The quantitative estimate of drug-likeness (QED) is 0.634. The molecule has 7 heteroatoms. The molecule has 0 N–H and O–H groups in total. The van der Waals surface area contributed by atoms with E-state index in [4.69, 9.17) is 9.97 Å². The van der Waals surface area contributed by atoms with Crippen LogP contribution in [0.25, 0.3) is 10.9 Å². The third-order valence-corrected chi connectivity index (χ3v) is 6.75. The molecule has 3 aromatic rings. The van der Waals surface area contributed by atoms with E-state index < -0.39 is 0 Å². The standard InChI is InChI=1S/C25H32N6O/c1-19-16-23(27-25(26-19)31-10-6-3-7-11-31)29-12-14-30(15-13-29)24(32)17-20-18-28(2)22-9-5-4-8-21(20)22/h4-5,8-9,16,18H,3,6-7,10-15,17H2,1-2H3. The number of carbonyl (C=O) groups is 1. The van der Waals surface area contributed by atoms with Gasteiger partial charge in [0.15, 0.2) is 0 Å². The van der Waals surface area contributed by atoms with Gasteiger partial charge in [-0.15, -0.1) is 0 Å². The second-order valence-electron chi connectivity index (χ2n) is 9.04. The molecular formula is C25H32N6O. The number of carbonyl (C=O) groups excluding carboxylic acids is 1. The highest BCUT2D eigenvalue weighted by Gasteiger charge is 2.24. The van der Waals surface area contributed by atoms with E-state index >= 15 is 0 Å². The van der Waals surface area contributed by atoms with Crippen molar-refractivity contribution in [3.05, 3.63) is 47.8 Å². The van der Waals surface area contributed by atoms with Gasteiger partial charge in [0.2, 0.25) is 11.9 Å². The molecule has 2 aliphatic heterocycles. The summed E-state index contributed by atoms with van der Waals surface area (Å²) in [5.74, 6) is 2.04. The van der Waals surface area contributed by atoms with E-state index in [1.807, 2.05) is 31.0 Å². The van der Waals surface area contributed by atoms with Crippen LogP contribution in [0, 0.1) is 6.92 Å². The third-order valence-electron chi connectivity index (χ3n) is 6.75. The zero-order chi connectivity index (χ0) is 22.1. The molecule has 0 radical (unpaired) electrons. The molecule has 4 heterocycles. The normalized spacial score (nSPS) is 17.2. The molecule has 5 rings (SSSR count). The largest absolute Gasteiger partial charge is 0.353 e. The van der Waals surface area contributed by atoms with Crippen LogP contribution in [0.15, 0.2) is 36.5 Å². The summed E-state index contributed by atoms with van der Waals surface area (Å²) in [7, 11) is 2.04. The summed E-state index contributed by atoms with van der Waals surface area (Å²) < 4.78 is 2.10. The van der Waals surface area contributed by atoms with Crippen molar-refractivity contribution in [2.24, 2.45) is 7.05 Å². The number of para-hydroxylation sites is 1. The molecule has 2 aliphatic rings. The molecule has 168 valence electrons. The fourth-order valence-electron chi connectivity index (χ4n) is 4.96. The second-order valence-corrected chi connectivity index (χ2v) is 9.04. The first kappa shape index (κ1) is 20.8. The van der Waals surface area contributed by atoms with Crippen LogP contribution in [0.2, 0.25) is 0 Å². The first-order valence-corrected chi connectivity index (χ1v) is 11.7. The highest BCUT2D eigenvalue weighted by atomic mass is 16.2. The van der Waals surface area contributed by atoms with Crippen molar-refractivity contribution in [1.29, 1.82) is 0 Å². The van der Waals surface area contributed by atoms with E-state index in [2.05, 4.69) is 38.8 Å². The maximum absolute atomic E-state index is 13.0. The fraction of sp³-hybridized carbons (Fsp3) is 0.480. The number of hydrogen-bond acceptors (Lipinski definition) is 5. The Morgan fingerprint density at radius 3 is 2.47 bits per heavy atom. The van der Waals surface area contributed by atoms with Crippen molar-refractivity contribution in [2.75, 3.05) is 49.1 Å². The average molecular weight is 433 g/mol. The Bertz CT molecular complexity index is 1110. The molecule has 0 atom stereocenters. The first-order valence-electron chi connectivity index (χ1n) is 11.7. The number of piperidine rings is 1. The second kappa shape index (κ2) is 8.81. The monoisotopic (exact) mass is 432 g/mol. The van der Waals surface area contributed by atoms with Crippen LogP contribution in [0.5, 0.6) is 0 Å². The Balaban J connectivity index is 1.24. The highest BCUT2D eigenvalue weighted by Crippen LogP contribution is 2.23. The third kappa shape index (κ3) is 4.16. The van der Waals surface area contributed by atoms with Crippen LogP contribution in [0.3, 0.4) is 0 Å². The zero-order valence-corrected chi connectivity index (χ0v) is 19.1. The lowest BCUT2D eigenvalue weighted by atomic mass is 10.1. The number of aromatic nitrogens is 3. The van der Waals surface area contributed by atoms with Gasteiger partial charge in [-0.3, -0.25) is 4.79 Å². The summed E-state index contributed by atoms with van der Waals surface area (Å²) in [6.07, 6.45) is 6.26. The van der Waals surface area contributed by atoms with Crippen LogP contribution in [0.1, 0.15) is 30.5 Å². The molecule has 2 aromatic heterocycles. The van der Waals surface area contributed by atoms with Crippen molar-refractivity contribution in [3.63, 3.8) is 0 Å². The van der Waals surface area contributed by atoms with Gasteiger partial charge < -0.3 is 19.3 Å². The van der Waals surface area contributed by atoms with Crippen LogP contribution in [-0.2, 0) is 18.3 Å². The number of amides is 1. The zero-order valence-electron chi connectivity index (χ0n) is 19.1. The number of hydrogen-bond donors (Lipinski definition) is 0. The smallest absolute Gasteiger partial charge is 0.227 e. The number of benzene rings is 1. The van der Waals surface area contributed by atoms with E-state index in [0.717, 1.165) is 62.3 Å². The van der Waals surface area contributed by atoms with Crippen LogP contribution < -0.4 is 9.80 Å². The predicted molar refractivity (Wildman–Crippen MR) is 128 cm³/mol. The minimum Gasteiger partial charge on any atom is -0.353 e. The lowest BCUT2D eigenvalue weighted by Gasteiger charge is -2.36. The minimum atomic E-state index is 0.203. The summed E-state index contributed by atoms with van der Waals surface area (Å²) in [5.41, 5.74) is 3.28. The van der Waals surface area contributed by atoms with Crippen LogP contribution in [0.4, 0.5) is 11.8 Å². The summed E-state index contributed by atoms with van der Waals surface area (Å²) >= 11 is 0. The average Bonchev–Trinajstić information content (AvgIpc) is 3.14. The van der Waals surface area contributed by atoms with Crippen molar-refractivity contribution in [3.8, 4) is 0 Å². The van der Waals surface area contributed by atoms with Gasteiger partial charge in [-0.2, -0.15) is 4.98 Å². The number of nitrogens with zero attached hydrogens (tertiary/aromatic N) is 6. The molecule has 0 bridgehead atoms. The van der Waals surface area contributed by atoms with Crippen LogP contribution >= 0.6 is 0 Å². The summed E-state index contributed by atoms with van der Waals surface area (Å²) in [4.78, 5) is 29.2. The van der Waals surface area contributed by atoms with E-state index in [9.17, 15) is 4.79 Å². The maximum atomic E-state index is 13.0. The van der Waals surface area contributed by atoms with Crippen molar-refractivity contribution >= 4 is 28.6 Å². The molecule has 1 aromatic carbocycles. The number of aryl methyl sites for hydroxylation is 2. The number of rotatable bonds is 4. The van der Waals surface area contributed by atoms with E-state index in [-0.39, 0.29) is 5.91 Å². The molecule has 2 saturated heterocycles. The topological polar surface area (TPSA) is 57.5 Å². The van der Waals surface area contributed by atoms with Gasteiger partial charge in [0.05, 0.1) is 6.42 Å². The van der Waals surface area contributed by atoms with Gasteiger partial charge in [-0.25, -0.2) is 4.98 Å². The minimum absolute atomic E-state index is 0.203. The van der Waals surface area contributed by atoms with Gasteiger partial charge in [0, 0.05) is 75.2 Å². The van der Waals surface area contributed by atoms with E-state index in [1.54, 1.807) is 0 Å². The first-order chi connectivity index (χ1) is 15.6. The molecule has 0 spiro atoms. The van der Waals surface area contributed by atoms with Gasteiger partial charge in [-0.05, 0) is 37.8 Å². The SMILES string of the molecule is Cc1cc(N2CCN(C(=O)Cc3cn(C)c4ccccc34)CC2)nc(N2CCCCC2)n1. The lowest BCUT2D eigenvalue weighted by Crippen LogP contribution is -2.49. The summed E-state index contributed by atoms with van der Waals surface area (Å²) in [6.45, 7) is 7.19. The fourth-order valence-corrected chi connectivity index (χ4v) is 4.96. The molecular weight excluding hydrogens is 400 g/mol. The Morgan fingerprint density at radius 2 is 1.69 bits per heavy atom. The van der Waals surface area contributed by atoms with E-state index in [0.29, 0.717) is 6.42 Å². The maximum Gasteiger partial charge on any atom is 0.227 e. The van der Waals surface area contributed by atoms with Crippen molar-refractivity contribution < 1.29 is 4.79 Å². The molecule has 0 saturated carbocycles. The number of anilines is 2. The Labute approximate surface area is 189 Å². The molecule has 2 fully saturated rings. The van der Waals surface area contributed by atoms with Gasteiger partial charge in [-0.1, -0.05) is 18.2 Å². The van der Waals surface area contributed by atoms with Crippen molar-refractivity contribution in [1.82, 2.24) is 19.4 Å². The van der Waals surface area contributed by atoms with Gasteiger partial charge in [0.25, 0.3) is 0 Å². The summed E-state index contributed by atoms with van der Waals surface area (Å²) in [6, 6.07) is 10.4. The van der Waals surface area contributed by atoms with Gasteiger partial charge in [0.1, 0.15) is 5.82 Å². The highest BCUT2D eigenvalue weighted by molar-refractivity contribution is 5.89. The van der Waals surface area contributed by atoms with E-state index in [1.165, 1.54) is 30.2 Å². The molecule has 32 heavy (non-hydrogen) atoms. The molecule has 7 nitrogen and oxygen atoms in total.